The normalized spacial score (nSPS) is 12.3. The number of nitrogens with one attached hydrogen (secondary N) is 1. The zero-order valence-corrected chi connectivity index (χ0v) is 13.1. The number of aromatic nitrogens is 2. The van der Waals surface area contributed by atoms with Crippen molar-refractivity contribution in [1.82, 2.24) is 9.97 Å². The summed E-state index contributed by atoms with van der Waals surface area (Å²) in [6, 6.07) is 7.53. The number of amides is 1. The van der Waals surface area contributed by atoms with Crippen LogP contribution in [0, 0.1) is 0 Å². The molecule has 2 heterocycles. The van der Waals surface area contributed by atoms with Gasteiger partial charge in [0.2, 0.25) is 0 Å². The average Bonchev–Trinajstić information content (AvgIpc) is 2.94. The molecular weight excluding hydrogens is 305 g/mol. The van der Waals surface area contributed by atoms with Gasteiger partial charge in [-0.25, -0.2) is 9.37 Å². The molecule has 0 aliphatic carbocycles. The van der Waals surface area contributed by atoms with Crippen LogP contribution in [-0.4, -0.2) is 15.9 Å². The quantitative estimate of drug-likeness (QED) is 0.705. The van der Waals surface area contributed by atoms with E-state index in [1.165, 1.54) is 6.20 Å². The number of fused-ring (bicyclic) bond motifs is 3. The summed E-state index contributed by atoms with van der Waals surface area (Å²) in [5, 5.41) is 1.56. The van der Waals surface area contributed by atoms with Crippen molar-refractivity contribution in [2.75, 3.05) is 0 Å². The zero-order valence-electron chi connectivity index (χ0n) is 13.1. The first-order valence-electron chi connectivity index (χ1n) is 7.42. The van der Waals surface area contributed by atoms with E-state index in [4.69, 9.17) is 5.73 Å². The molecule has 0 fully saturated rings. The van der Waals surface area contributed by atoms with Gasteiger partial charge in [0.05, 0.1) is 5.52 Å². The van der Waals surface area contributed by atoms with Crippen molar-refractivity contribution in [1.29, 1.82) is 0 Å². The van der Waals surface area contributed by atoms with Crippen LogP contribution in [0.25, 0.3) is 27.4 Å². The highest BCUT2D eigenvalue weighted by Crippen LogP contribution is 2.35. The number of primary amides is 1. The van der Waals surface area contributed by atoms with Crippen molar-refractivity contribution in [3.63, 3.8) is 0 Å². The Morgan fingerprint density at radius 2 is 2.12 bits per heavy atom. The summed E-state index contributed by atoms with van der Waals surface area (Å²) in [5.41, 5.74) is 7.73. The molecule has 4 nitrogen and oxygen atoms in total. The Bertz CT molecular complexity index is 1030. The second-order valence-corrected chi connectivity index (χ2v) is 5.32. The Balaban J connectivity index is 2.47. The molecule has 3 aromatic rings. The number of carbonyl (C=O) groups excluding carboxylic acids is 1. The number of H-pyrrole nitrogens is 1. The molecular formula is C19H16FN3O. The van der Waals surface area contributed by atoms with Gasteiger partial charge in [-0.15, -0.1) is 0 Å². The van der Waals surface area contributed by atoms with Crippen molar-refractivity contribution in [3.8, 4) is 0 Å². The van der Waals surface area contributed by atoms with Crippen LogP contribution in [0.3, 0.4) is 0 Å². The molecule has 1 aromatic carbocycles. The van der Waals surface area contributed by atoms with E-state index in [1.54, 1.807) is 18.2 Å². The van der Waals surface area contributed by atoms with Gasteiger partial charge < -0.3 is 10.7 Å². The molecule has 3 N–H and O–H groups in total. The van der Waals surface area contributed by atoms with Crippen LogP contribution in [0.4, 0.5) is 4.39 Å². The van der Waals surface area contributed by atoms with Crippen LogP contribution >= 0.6 is 0 Å². The maximum atomic E-state index is 14.0. The number of nitrogens with two attached hydrogens (primary N) is 1. The van der Waals surface area contributed by atoms with Gasteiger partial charge in [-0.05, 0) is 13.0 Å². The highest BCUT2D eigenvalue weighted by molar-refractivity contribution is 6.17. The van der Waals surface area contributed by atoms with Crippen molar-refractivity contribution >= 4 is 33.3 Å². The molecule has 2 aromatic heterocycles. The molecule has 0 atom stereocenters. The van der Waals surface area contributed by atoms with Gasteiger partial charge in [0.15, 0.2) is 5.69 Å². The van der Waals surface area contributed by atoms with Crippen molar-refractivity contribution in [2.45, 2.75) is 6.92 Å². The zero-order chi connectivity index (χ0) is 17.3. The number of rotatable bonds is 4. The molecule has 0 aliphatic heterocycles. The highest BCUT2D eigenvalue weighted by atomic mass is 19.1. The van der Waals surface area contributed by atoms with Gasteiger partial charge in [0.1, 0.15) is 5.83 Å². The molecule has 5 heteroatoms. The fourth-order valence-corrected chi connectivity index (χ4v) is 2.77. The van der Waals surface area contributed by atoms with Crippen molar-refractivity contribution < 1.29 is 9.18 Å². The molecule has 24 heavy (non-hydrogen) atoms. The van der Waals surface area contributed by atoms with Gasteiger partial charge in [-0.2, -0.15) is 0 Å². The lowest BCUT2D eigenvalue weighted by Crippen LogP contribution is -2.14. The third-order valence-corrected chi connectivity index (χ3v) is 3.81. The summed E-state index contributed by atoms with van der Waals surface area (Å²) in [4.78, 5) is 19.0. The number of para-hydroxylation sites is 1. The lowest BCUT2D eigenvalue weighted by molar-refractivity contribution is 0.0997. The first kappa shape index (κ1) is 15.7. The number of allylic oxidation sites excluding steroid dienone is 5. The molecule has 0 aliphatic rings. The molecule has 0 unspecified atom stereocenters. The van der Waals surface area contributed by atoms with Crippen LogP contribution in [0.1, 0.15) is 23.0 Å². The smallest absolute Gasteiger partial charge is 0.269 e. The lowest BCUT2D eigenvalue weighted by atomic mass is 9.99. The number of carbonyl (C=O) groups is 1. The third-order valence-electron chi connectivity index (χ3n) is 3.81. The molecule has 0 spiro atoms. The Hall–Kier alpha value is -3.21. The molecule has 120 valence electrons. The van der Waals surface area contributed by atoms with Gasteiger partial charge in [-0.3, -0.25) is 4.79 Å². The average molecular weight is 321 g/mol. The maximum Gasteiger partial charge on any atom is 0.269 e. The highest BCUT2D eigenvalue weighted by Gasteiger charge is 2.19. The van der Waals surface area contributed by atoms with Gasteiger partial charge in [0.25, 0.3) is 5.91 Å². The number of aromatic amines is 1. The van der Waals surface area contributed by atoms with E-state index in [0.29, 0.717) is 22.0 Å². The monoisotopic (exact) mass is 321 g/mol. The van der Waals surface area contributed by atoms with E-state index in [2.05, 4.69) is 16.5 Å². The summed E-state index contributed by atoms with van der Waals surface area (Å²) in [5.74, 6) is -1.22. The fraction of sp³-hybridized carbons (Fsp3) is 0.0526. The van der Waals surface area contributed by atoms with E-state index >= 15 is 0 Å². The molecule has 3 rings (SSSR count). The predicted molar refractivity (Wildman–Crippen MR) is 95.2 cm³/mol. The standard InChI is InChI=1S/C19H16FN3O/c1-3-4-7-12(11(2)20)14-10-22-18(19(21)24)17-16(14)13-8-5-6-9-15(13)23-17/h3-10,23H,2H2,1H3,(H2,21,24)/b4-3-,12-7+. The van der Waals surface area contributed by atoms with Gasteiger partial charge >= 0.3 is 0 Å². The summed E-state index contributed by atoms with van der Waals surface area (Å²) in [6.07, 6.45) is 6.61. The van der Waals surface area contributed by atoms with Crippen LogP contribution < -0.4 is 5.73 Å². The second kappa shape index (κ2) is 6.12. The first-order chi connectivity index (χ1) is 11.5. The molecule has 0 radical (unpaired) electrons. The maximum absolute atomic E-state index is 14.0. The molecule has 1 amide bonds. The number of halogens is 1. The van der Waals surface area contributed by atoms with Crippen molar-refractivity contribution in [3.05, 3.63) is 72.4 Å². The van der Waals surface area contributed by atoms with Gasteiger partial charge in [0, 0.05) is 33.6 Å². The van der Waals surface area contributed by atoms with Crippen LogP contribution in [0.5, 0.6) is 0 Å². The van der Waals surface area contributed by atoms with Crippen molar-refractivity contribution in [2.24, 2.45) is 5.73 Å². The minimum absolute atomic E-state index is 0.125. The number of benzene rings is 1. The Morgan fingerprint density at radius 1 is 1.38 bits per heavy atom. The predicted octanol–water partition coefficient (Wildman–Crippen LogP) is 4.26. The fourth-order valence-electron chi connectivity index (χ4n) is 2.77. The minimum atomic E-state index is -0.642. The van der Waals surface area contributed by atoms with Crippen LogP contribution in [0.15, 0.2) is 61.1 Å². The lowest BCUT2D eigenvalue weighted by Gasteiger charge is -2.08. The second-order valence-electron chi connectivity index (χ2n) is 5.32. The molecule has 0 saturated heterocycles. The largest absolute Gasteiger partial charge is 0.364 e. The molecule has 0 bridgehead atoms. The number of hydrogen-bond donors (Lipinski definition) is 2. The van der Waals surface area contributed by atoms with E-state index in [0.717, 1.165) is 10.9 Å². The van der Waals surface area contributed by atoms with E-state index in [9.17, 15) is 9.18 Å². The summed E-state index contributed by atoms with van der Waals surface area (Å²) >= 11 is 0. The van der Waals surface area contributed by atoms with E-state index < -0.39 is 11.7 Å². The minimum Gasteiger partial charge on any atom is -0.364 e. The summed E-state index contributed by atoms with van der Waals surface area (Å²) in [6.45, 7) is 5.25. The summed E-state index contributed by atoms with van der Waals surface area (Å²) < 4.78 is 14.0. The number of hydrogen-bond acceptors (Lipinski definition) is 2. The topological polar surface area (TPSA) is 71.8 Å². The SMILES string of the molecule is C=C(F)/C(=C\C=C/C)c1cnc(C(N)=O)c2[nH]c3ccccc3c12. The first-order valence-corrected chi connectivity index (χ1v) is 7.42. The Labute approximate surface area is 138 Å². The third kappa shape index (κ3) is 2.50. The van der Waals surface area contributed by atoms with Gasteiger partial charge in [-0.1, -0.05) is 43.0 Å². The van der Waals surface area contributed by atoms with Crippen LogP contribution in [-0.2, 0) is 0 Å². The van der Waals surface area contributed by atoms with E-state index in [-0.39, 0.29) is 5.69 Å². The van der Waals surface area contributed by atoms with Crippen LogP contribution in [0.2, 0.25) is 0 Å². The molecule has 0 saturated carbocycles. The number of nitrogens with zero attached hydrogens (tertiary/aromatic N) is 1. The van der Waals surface area contributed by atoms with E-state index in [1.807, 2.05) is 31.2 Å². The Kier molecular flexibility index (Phi) is 4.00. The Morgan fingerprint density at radius 3 is 2.79 bits per heavy atom. The number of pyridine rings is 1. The summed E-state index contributed by atoms with van der Waals surface area (Å²) in [7, 11) is 0.